The van der Waals surface area contributed by atoms with Crippen LogP contribution in [0.2, 0.25) is 5.02 Å². The molecule has 14 heavy (non-hydrogen) atoms. The largest absolute Gasteiger partial charge is 0.378 e. The Balaban J connectivity index is 2.22. The number of hydrogen-bond acceptors (Lipinski definition) is 2. The maximum Gasteiger partial charge on any atom is 0.0662 e. The summed E-state index contributed by atoms with van der Waals surface area (Å²) in [5.41, 5.74) is 1.20. The van der Waals surface area contributed by atoms with Crippen molar-refractivity contribution < 1.29 is 4.74 Å². The second-order valence-electron chi connectivity index (χ2n) is 3.25. The number of halogens is 2. The number of benzene rings is 1. The van der Waals surface area contributed by atoms with E-state index in [9.17, 15) is 0 Å². The van der Waals surface area contributed by atoms with Gasteiger partial charge in [-0.05, 0) is 17.7 Å². The molecule has 0 aromatic heterocycles. The molecule has 0 radical (unpaired) electrons. The summed E-state index contributed by atoms with van der Waals surface area (Å²) >= 11 is 9.38. The summed E-state index contributed by atoms with van der Waals surface area (Å²) in [5, 5.41) is 4.15. The van der Waals surface area contributed by atoms with Crippen molar-refractivity contribution in [3.63, 3.8) is 0 Å². The molecular formula is C10H11BrClNO. The second kappa shape index (κ2) is 4.62. The number of nitrogens with one attached hydrogen (secondary N) is 1. The van der Waals surface area contributed by atoms with Gasteiger partial charge in [-0.3, -0.25) is 0 Å². The summed E-state index contributed by atoms with van der Waals surface area (Å²) in [6.45, 7) is 2.42. The van der Waals surface area contributed by atoms with E-state index >= 15 is 0 Å². The van der Waals surface area contributed by atoms with Crippen LogP contribution in [0.25, 0.3) is 0 Å². The monoisotopic (exact) mass is 275 g/mol. The predicted octanol–water partition coefficient (Wildman–Crippen LogP) is 2.76. The summed E-state index contributed by atoms with van der Waals surface area (Å²) in [6.07, 6.45) is 0. The fourth-order valence-electron chi connectivity index (χ4n) is 1.55. The van der Waals surface area contributed by atoms with Gasteiger partial charge in [0.1, 0.15) is 0 Å². The Kier molecular flexibility index (Phi) is 3.44. The zero-order valence-corrected chi connectivity index (χ0v) is 9.94. The van der Waals surface area contributed by atoms with Gasteiger partial charge in [-0.1, -0.05) is 33.6 Å². The average molecular weight is 277 g/mol. The number of hydrogen-bond donors (Lipinski definition) is 1. The molecule has 0 amide bonds. The molecule has 0 bridgehead atoms. The first kappa shape index (κ1) is 10.4. The van der Waals surface area contributed by atoms with Crippen molar-refractivity contribution in [3.05, 3.63) is 33.3 Å². The van der Waals surface area contributed by atoms with E-state index < -0.39 is 0 Å². The molecule has 1 N–H and O–H groups in total. The van der Waals surface area contributed by atoms with E-state index in [1.54, 1.807) is 0 Å². The minimum Gasteiger partial charge on any atom is -0.378 e. The lowest BCUT2D eigenvalue weighted by molar-refractivity contribution is 0.0767. The lowest BCUT2D eigenvalue weighted by Gasteiger charge is -2.25. The van der Waals surface area contributed by atoms with Gasteiger partial charge < -0.3 is 10.1 Å². The first-order valence-electron chi connectivity index (χ1n) is 4.53. The first-order valence-corrected chi connectivity index (χ1v) is 5.70. The van der Waals surface area contributed by atoms with Crippen LogP contribution in [0.3, 0.4) is 0 Å². The fraction of sp³-hybridized carbons (Fsp3) is 0.400. The topological polar surface area (TPSA) is 21.3 Å². The normalized spacial score (nSPS) is 22.3. The van der Waals surface area contributed by atoms with Gasteiger partial charge in [0.2, 0.25) is 0 Å². The molecule has 2 nitrogen and oxygen atoms in total. The third-order valence-electron chi connectivity index (χ3n) is 2.26. The molecule has 1 atom stereocenters. The van der Waals surface area contributed by atoms with Crippen molar-refractivity contribution in [3.8, 4) is 0 Å². The molecule has 1 aromatic carbocycles. The van der Waals surface area contributed by atoms with Gasteiger partial charge >= 0.3 is 0 Å². The maximum absolute atomic E-state index is 5.87. The molecule has 1 heterocycles. The van der Waals surface area contributed by atoms with Crippen LogP contribution in [-0.2, 0) is 4.74 Å². The number of morpholine rings is 1. The van der Waals surface area contributed by atoms with Crippen molar-refractivity contribution in [2.75, 3.05) is 19.8 Å². The van der Waals surface area contributed by atoms with Gasteiger partial charge in [0.15, 0.2) is 0 Å². The Morgan fingerprint density at radius 2 is 2.36 bits per heavy atom. The van der Waals surface area contributed by atoms with Crippen molar-refractivity contribution >= 4 is 27.5 Å². The SMILES string of the molecule is Clc1ccc([C@H]2COCCN2)c(Br)c1. The summed E-state index contributed by atoms with van der Waals surface area (Å²) < 4.78 is 6.44. The first-order chi connectivity index (χ1) is 6.77. The fourth-order valence-corrected chi connectivity index (χ4v) is 2.51. The summed E-state index contributed by atoms with van der Waals surface area (Å²) in [6, 6.07) is 6.11. The Bertz CT molecular complexity index is 326. The zero-order chi connectivity index (χ0) is 9.97. The highest BCUT2D eigenvalue weighted by molar-refractivity contribution is 9.10. The van der Waals surface area contributed by atoms with Crippen LogP contribution in [-0.4, -0.2) is 19.8 Å². The molecule has 0 saturated carbocycles. The number of rotatable bonds is 1. The van der Waals surface area contributed by atoms with Crippen molar-refractivity contribution in [2.45, 2.75) is 6.04 Å². The molecule has 1 aromatic rings. The number of ether oxygens (including phenoxy) is 1. The van der Waals surface area contributed by atoms with Crippen LogP contribution in [0.1, 0.15) is 11.6 Å². The van der Waals surface area contributed by atoms with Crippen molar-refractivity contribution in [2.24, 2.45) is 0 Å². The molecule has 2 rings (SSSR count). The molecule has 1 fully saturated rings. The highest BCUT2D eigenvalue weighted by Gasteiger charge is 2.17. The minimum absolute atomic E-state index is 0.274. The van der Waals surface area contributed by atoms with E-state index in [0.717, 1.165) is 29.3 Å². The second-order valence-corrected chi connectivity index (χ2v) is 4.54. The third-order valence-corrected chi connectivity index (χ3v) is 3.18. The van der Waals surface area contributed by atoms with Crippen LogP contribution in [0, 0.1) is 0 Å². The molecule has 0 unspecified atom stereocenters. The zero-order valence-electron chi connectivity index (χ0n) is 7.59. The third kappa shape index (κ3) is 2.28. The summed E-state index contributed by atoms with van der Waals surface area (Å²) in [4.78, 5) is 0. The molecule has 4 heteroatoms. The molecule has 0 spiro atoms. The summed E-state index contributed by atoms with van der Waals surface area (Å²) in [5.74, 6) is 0. The van der Waals surface area contributed by atoms with E-state index in [1.165, 1.54) is 5.56 Å². The lowest BCUT2D eigenvalue weighted by Crippen LogP contribution is -2.34. The quantitative estimate of drug-likeness (QED) is 0.852. The van der Waals surface area contributed by atoms with E-state index in [2.05, 4.69) is 21.2 Å². The van der Waals surface area contributed by atoms with Gasteiger partial charge in [0.25, 0.3) is 0 Å². The van der Waals surface area contributed by atoms with Crippen LogP contribution >= 0.6 is 27.5 Å². The highest BCUT2D eigenvalue weighted by Crippen LogP contribution is 2.27. The van der Waals surface area contributed by atoms with Gasteiger partial charge in [-0.15, -0.1) is 0 Å². The van der Waals surface area contributed by atoms with Crippen LogP contribution in [0.15, 0.2) is 22.7 Å². The van der Waals surface area contributed by atoms with Crippen molar-refractivity contribution in [1.29, 1.82) is 0 Å². The van der Waals surface area contributed by atoms with E-state index in [0.29, 0.717) is 0 Å². The lowest BCUT2D eigenvalue weighted by atomic mass is 10.1. The Hall–Kier alpha value is -0.0900. The van der Waals surface area contributed by atoms with Crippen LogP contribution in [0.4, 0.5) is 0 Å². The van der Waals surface area contributed by atoms with Gasteiger partial charge in [-0.2, -0.15) is 0 Å². The molecular weight excluding hydrogens is 265 g/mol. The average Bonchev–Trinajstić information content (AvgIpc) is 2.19. The molecule has 1 saturated heterocycles. The molecule has 1 aliphatic rings. The van der Waals surface area contributed by atoms with Crippen LogP contribution < -0.4 is 5.32 Å². The van der Waals surface area contributed by atoms with Gasteiger partial charge in [0, 0.05) is 16.0 Å². The highest BCUT2D eigenvalue weighted by atomic mass is 79.9. The predicted molar refractivity (Wildman–Crippen MR) is 60.7 cm³/mol. The molecule has 1 aliphatic heterocycles. The Morgan fingerprint density at radius 1 is 1.50 bits per heavy atom. The van der Waals surface area contributed by atoms with E-state index in [-0.39, 0.29) is 6.04 Å². The van der Waals surface area contributed by atoms with Gasteiger partial charge in [0.05, 0.1) is 19.3 Å². The molecule has 76 valence electrons. The summed E-state index contributed by atoms with van der Waals surface area (Å²) in [7, 11) is 0. The van der Waals surface area contributed by atoms with Gasteiger partial charge in [-0.25, -0.2) is 0 Å². The minimum atomic E-state index is 0.274. The Morgan fingerprint density at radius 3 is 3.00 bits per heavy atom. The standard InChI is InChI=1S/C10H11BrClNO/c11-9-5-7(12)1-2-8(9)10-6-14-4-3-13-10/h1-2,5,10,13H,3-4,6H2/t10-/m1/s1. The molecule has 0 aliphatic carbocycles. The Labute approximate surface area is 96.7 Å². The van der Waals surface area contributed by atoms with E-state index in [4.69, 9.17) is 16.3 Å². The maximum atomic E-state index is 5.87. The smallest absolute Gasteiger partial charge is 0.0662 e. The van der Waals surface area contributed by atoms with Crippen molar-refractivity contribution in [1.82, 2.24) is 5.32 Å². The van der Waals surface area contributed by atoms with Crippen LogP contribution in [0.5, 0.6) is 0 Å². The van der Waals surface area contributed by atoms with E-state index in [1.807, 2.05) is 18.2 Å².